The molecule has 3 fully saturated rings. The van der Waals surface area contributed by atoms with E-state index in [2.05, 4.69) is 37.9 Å². The zero-order valence-electron chi connectivity index (χ0n) is 19.1. The molecule has 1 atom stereocenters. The van der Waals surface area contributed by atoms with Gasteiger partial charge in [-0.1, -0.05) is 12.1 Å². The average Bonchev–Trinajstić information content (AvgIpc) is 3.34. The first kappa shape index (κ1) is 20.9. The Kier molecular flexibility index (Phi) is 5.46. The summed E-state index contributed by atoms with van der Waals surface area (Å²) in [7, 11) is 0. The summed E-state index contributed by atoms with van der Waals surface area (Å²) < 4.78 is 10.9. The van der Waals surface area contributed by atoms with Gasteiger partial charge in [-0.3, -0.25) is 19.6 Å². The number of amides is 1. The van der Waals surface area contributed by atoms with Crippen LogP contribution < -0.4 is 9.47 Å². The van der Waals surface area contributed by atoms with Gasteiger partial charge in [0.15, 0.2) is 11.5 Å². The van der Waals surface area contributed by atoms with Gasteiger partial charge in [0.1, 0.15) is 0 Å². The molecule has 7 heteroatoms. The lowest BCUT2D eigenvalue weighted by molar-refractivity contribution is -0.135. The van der Waals surface area contributed by atoms with Gasteiger partial charge in [-0.25, -0.2) is 0 Å². The lowest BCUT2D eigenvalue weighted by Crippen LogP contribution is -2.49. The van der Waals surface area contributed by atoms with Crippen molar-refractivity contribution in [3.05, 3.63) is 53.9 Å². The van der Waals surface area contributed by atoms with Crippen LogP contribution in [0.3, 0.4) is 0 Å². The molecular weight excluding hydrogens is 416 g/mol. The zero-order chi connectivity index (χ0) is 22.3. The fourth-order valence-electron chi connectivity index (χ4n) is 5.77. The molecule has 7 nitrogen and oxygen atoms in total. The predicted molar refractivity (Wildman–Crippen MR) is 124 cm³/mol. The molecule has 0 bridgehead atoms. The summed E-state index contributed by atoms with van der Waals surface area (Å²) in [6, 6.07) is 12.3. The molecular formula is C26H32N4O3. The van der Waals surface area contributed by atoms with Crippen molar-refractivity contribution in [2.45, 2.75) is 32.4 Å². The van der Waals surface area contributed by atoms with Crippen molar-refractivity contribution in [3.8, 4) is 11.5 Å². The Morgan fingerprint density at radius 3 is 2.52 bits per heavy atom. The molecule has 3 aliphatic heterocycles. The van der Waals surface area contributed by atoms with Gasteiger partial charge in [-0.15, -0.1) is 0 Å². The highest BCUT2D eigenvalue weighted by Gasteiger charge is 2.59. The molecule has 33 heavy (non-hydrogen) atoms. The highest BCUT2D eigenvalue weighted by molar-refractivity contribution is 5.83. The molecule has 1 aliphatic carbocycles. The van der Waals surface area contributed by atoms with Gasteiger partial charge in [-0.2, -0.15) is 0 Å². The number of nitrogens with zero attached hydrogens (tertiary/aromatic N) is 4. The van der Waals surface area contributed by atoms with Crippen molar-refractivity contribution in [1.29, 1.82) is 0 Å². The number of carbonyl (C=O) groups is 1. The third kappa shape index (κ3) is 4.32. The number of hydrogen-bond acceptors (Lipinski definition) is 6. The summed E-state index contributed by atoms with van der Waals surface area (Å²) in [6.45, 7) is 7.81. The topological polar surface area (TPSA) is 58.1 Å². The number of fused-ring (bicyclic) bond motifs is 1. The molecule has 1 amide bonds. The largest absolute Gasteiger partial charge is 0.454 e. The van der Waals surface area contributed by atoms with Crippen molar-refractivity contribution in [3.63, 3.8) is 0 Å². The zero-order valence-corrected chi connectivity index (χ0v) is 19.1. The molecule has 0 radical (unpaired) electrons. The molecule has 1 aromatic carbocycles. The van der Waals surface area contributed by atoms with E-state index in [1.165, 1.54) is 5.56 Å². The van der Waals surface area contributed by atoms with E-state index in [4.69, 9.17) is 9.47 Å². The Morgan fingerprint density at radius 1 is 0.939 bits per heavy atom. The maximum Gasteiger partial charge on any atom is 0.231 e. The number of carbonyl (C=O) groups excluding carboxylic acids is 1. The second-order valence-electron chi connectivity index (χ2n) is 10.0. The second kappa shape index (κ2) is 8.61. The number of likely N-dealkylation sites (tertiary alicyclic amines) is 1. The first-order valence-corrected chi connectivity index (χ1v) is 12.2. The molecule has 4 heterocycles. The minimum absolute atomic E-state index is 0.243. The summed E-state index contributed by atoms with van der Waals surface area (Å²) in [6.07, 6.45) is 5.20. The third-order valence-electron chi connectivity index (χ3n) is 7.98. The number of piperidine rings is 1. The van der Waals surface area contributed by atoms with Crippen LogP contribution in [0.2, 0.25) is 0 Å². The minimum Gasteiger partial charge on any atom is -0.454 e. The van der Waals surface area contributed by atoms with Gasteiger partial charge in [0.05, 0.1) is 5.69 Å². The van der Waals surface area contributed by atoms with Crippen LogP contribution in [0, 0.1) is 11.3 Å². The van der Waals surface area contributed by atoms with Crippen LogP contribution in [0.5, 0.6) is 11.5 Å². The highest BCUT2D eigenvalue weighted by atomic mass is 16.7. The predicted octanol–water partition coefficient (Wildman–Crippen LogP) is 2.76. The Bertz CT molecular complexity index is 998. The standard InChI is InChI=1S/C26H32N4O3/c31-25(30-13-11-29(12-14-30)18-21-3-1-2-8-27-21)22-16-26(22)6-9-28(10-7-26)17-20-4-5-23-24(15-20)33-19-32-23/h1-5,8,15,22H,6-7,9-14,16-19H2. The Hall–Kier alpha value is -2.64. The Labute approximate surface area is 195 Å². The van der Waals surface area contributed by atoms with E-state index in [0.29, 0.717) is 12.7 Å². The van der Waals surface area contributed by atoms with Crippen LogP contribution in [0.1, 0.15) is 30.5 Å². The number of benzene rings is 1. The van der Waals surface area contributed by atoms with E-state index in [1.54, 1.807) is 0 Å². The van der Waals surface area contributed by atoms with Gasteiger partial charge in [0, 0.05) is 51.4 Å². The number of pyridine rings is 1. The van der Waals surface area contributed by atoms with Crippen LogP contribution >= 0.6 is 0 Å². The summed E-state index contributed by atoms with van der Waals surface area (Å²) in [5.41, 5.74) is 2.63. The highest BCUT2D eigenvalue weighted by Crippen LogP contribution is 2.60. The maximum absolute atomic E-state index is 13.2. The normalized spacial score (nSPS) is 24.2. The van der Waals surface area contributed by atoms with Gasteiger partial charge >= 0.3 is 0 Å². The molecule has 174 valence electrons. The summed E-state index contributed by atoms with van der Waals surface area (Å²) in [4.78, 5) is 24.7. The molecule has 2 saturated heterocycles. The number of aromatic nitrogens is 1. The Balaban J connectivity index is 0.969. The van der Waals surface area contributed by atoms with Crippen LogP contribution in [0.25, 0.3) is 0 Å². The van der Waals surface area contributed by atoms with Gasteiger partial charge < -0.3 is 14.4 Å². The maximum atomic E-state index is 13.2. The Morgan fingerprint density at radius 2 is 1.73 bits per heavy atom. The fraction of sp³-hybridized carbons (Fsp3) is 0.538. The van der Waals surface area contributed by atoms with Crippen molar-refractivity contribution in [2.75, 3.05) is 46.1 Å². The lowest BCUT2D eigenvalue weighted by Gasteiger charge is -2.36. The molecule has 1 saturated carbocycles. The van der Waals surface area contributed by atoms with E-state index < -0.39 is 0 Å². The van der Waals surface area contributed by atoms with Crippen molar-refractivity contribution in [1.82, 2.24) is 19.7 Å². The molecule has 6 rings (SSSR count). The molecule has 0 N–H and O–H groups in total. The SMILES string of the molecule is O=C(C1CC12CCN(Cc1ccc3c(c1)OCO3)CC2)N1CCN(Cc2ccccn2)CC1. The number of rotatable bonds is 5. The molecule has 4 aliphatic rings. The van der Waals surface area contributed by atoms with Crippen LogP contribution in [-0.4, -0.2) is 71.7 Å². The summed E-state index contributed by atoms with van der Waals surface area (Å²) in [5, 5.41) is 0. The van der Waals surface area contributed by atoms with Gasteiger partial charge in [0.2, 0.25) is 12.7 Å². The van der Waals surface area contributed by atoms with Gasteiger partial charge in [0.25, 0.3) is 0 Å². The number of piperazine rings is 1. The summed E-state index contributed by atoms with van der Waals surface area (Å²) >= 11 is 0. The van der Waals surface area contributed by atoms with E-state index in [-0.39, 0.29) is 11.3 Å². The monoisotopic (exact) mass is 448 g/mol. The number of ether oxygens (including phenoxy) is 2. The van der Waals surface area contributed by atoms with Crippen LogP contribution in [-0.2, 0) is 17.9 Å². The molecule has 1 unspecified atom stereocenters. The van der Waals surface area contributed by atoms with Crippen molar-refractivity contribution in [2.24, 2.45) is 11.3 Å². The molecule has 2 aromatic rings. The minimum atomic E-state index is 0.243. The van der Waals surface area contributed by atoms with E-state index in [0.717, 1.165) is 88.8 Å². The molecule has 1 aromatic heterocycles. The van der Waals surface area contributed by atoms with E-state index in [9.17, 15) is 4.79 Å². The molecule has 1 spiro atoms. The number of hydrogen-bond donors (Lipinski definition) is 0. The summed E-state index contributed by atoms with van der Waals surface area (Å²) in [5.74, 6) is 2.34. The smallest absolute Gasteiger partial charge is 0.231 e. The third-order valence-corrected chi connectivity index (χ3v) is 7.98. The van der Waals surface area contributed by atoms with E-state index in [1.807, 2.05) is 24.4 Å². The first-order valence-electron chi connectivity index (χ1n) is 12.2. The van der Waals surface area contributed by atoms with E-state index >= 15 is 0 Å². The van der Waals surface area contributed by atoms with Crippen LogP contribution in [0.15, 0.2) is 42.6 Å². The average molecular weight is 449 g/mol. The first-order chi connectivity index (χ1) is 16.2. The fourth-order valence-corrected chi connectivity index (χ4v) is 5.77. The second-order valence-corrected chi connectivity index (χ2v) is 10.0. The van der Waals surface area contributed by atoms with Crippen molar-refractivity contribution < 1.29 is 14.3 Å². The van der Waals surface area contributed by atoms with Crippen LogP contribution in [0.4, 0.5) is 0 Å². The van der Waals surface area contributed by atoms with Crippen molar-refractivity contribution >= 4 is 5.91 Å². The van der Waals surface area contributed by atoms with Gasteiger partial charge in [-0.05, 0) is 67.6 Å². The quantitative estimate of drug-likeness (QED) is 0.701. The lowest BCUT2D eigenvalue weighted by atomic mass is 9.90.